The largest absolute Gasteiger partial charge is 0.476 e. The summed E-state index contributed by atoms with van der Waals surface area (Å²) in [5.41, 5.74) is 5.29. The van der Waals surface area contributed by atoms with Crippen LogP contribution in [0.4, 0.5) is 8.78 Å². The summed E-state index contributed by atoms with van der Waals surface area (Å²) in [7, 11) is 0. The highest BCUT2D eigenvalue weighted by Gasteiger charge is 2.38. The van der Waals surface area contributed by atoms with Gasteiger partial charge < -0.3 is 10.8 Å². The van der Waals surface area contributed by atoms with Crippen molar-refractivity contribution in [1.82, 2.24) is 0 Å². The highest BCUT2D eigenvalue weighted by Crippen LogP contribution is 2.29. The summed E-state index contributed by atoms with van der Waals surface area (Å²) in [5, 5.41) is 4.32. The van der Waals surface area contributed by atoms with E-state index < -0.39 is 11.2 Å². The Kier molecular flexibility index (Phi) is 4.47. The van der Waals surface area contributed by atoms with Gasteiger partial charge in [-0.2, -0.15) is 8.78 Å². The van der Waals surface area contributed by atoms with Gasteiger partial charge in [0.2, 0.25) is 0 Å². The smallest absolute Gasteiger partial charge is 0.388 e. The minimum absolute atomic E-state index is 0.0525. The van der Waals surface area contributed by atoms with Gasteiger partial charge in [-0.3, -0.25) is 0 Å². The molecule has 0 aliphatic carbocycles. The summed E-state index contributed by atoms with van der Waals surface area (Å²) in [6.07, 6.45) is 0.382. The van der Waals surface area contributed by atoms with Crippen LogP contribution in [0.1, 0.15) is 13.3 Å². The van der Waals surface area contributed by atoms with Gasteiger partial charge in [-0.1, -0.05) is 11.8 Å². The van der Waals surface area contributed by atoms with Crippen molar-refractivity contribution < 1.29 is 18.7 Å². The van der Waals surface area contributed by atoms with Crippen LogP contribution in [-0.4, -0.2) is 28.1 Å². The topological polar surface area (TPSA) is 63.3 Å². The van der Waals surface area contributed by atoms with Gasteiger partial charge in [0.1, 0.15) is 0 Å². The van der Waals surface area contributed by atoms with Crippen LogP contribution >= 0.6 is 11.8 Å². The van der Waals surface area contributed by atoms with Crippen LogP contribution in [0.25, 0.3) is 0 Å². The van der Waals surface area contributed by atoms with Crippen LogP contribution in [0, 0.1) is 0 Å². The zero-order chi connectivity index (χ0) is 9.78. The molecule has 0 saturated carbocycles. The predicted molar refractivity (Wildman–Crippen MR) is 43.3 cm³/mol. The lowest BCUT2D eigenvalue weighted by Gasteiger charge is -2.10. The Hall–Kier alpha value is -0.360. The summed E-state index contributed by atoms with van der Waals surface area (Å²) in [4.78, 5) is 9.89. The molecule has 0 fully saturated rings. The summed E-state index contributed by atoms with van der Waals surface area (Å²) in [5.74, 6) is -2.05. The molecular weight excluding hydrogens is 188 g/mol. The van der Waals surface area contributed by atoms with E-state index in [1.165, 1.54) is 0 Å². The maximum atomic E-state index is 12.3. The average molecular weight is 199 g/mol. The number of halogens is 2. The Morgan fingerprint density at radius 2 is 2.25 bits per heavy atom. The Morgan fingerprint density at radius 1 is 1.75 bits per heavy atom. The van der Waals surface area contributed by atoms with Crippen molar-refractivity contribution in [3.05, 3.63) is 0 Å². The number of hydrogen-bond acceptors (Lipinski definition) is 3. The van der Waals surface area contributed by atoms with Crippen LogP contribution < -0.4 is 5.73 Å². The number of thioether (sulfide) groups is 1. The third kappa shape index (κ3) is 4.50. The van der Waals surface area contributed by atoms with E-state index in [2.05, 4.69) is 0 Å². The zero-order valence-corrected chi connectivity index (χ0v) is 7.41. The van der Waals surface area contributed by atoms with Gasteiger partial charge in [-0.05, 0) is 13.3 Å². The lowest BCUT2D eigenvalue weighted by atomic mass is 10.3. The Balaban J connectivity index is 3.69. The number of aliphatic carboxylic acids is 1. The van der Waals surface area contributed by atoms with E-state index in [4.69, 9.17) is 10.8 Å². The molecule has 0 aromatic carbocycles. The van der Waals surface area contributed by atoms with Gasteiger partial charge in [0.25, 0.3) is 0 Å². The average Bonchev–Trinajstić information content (AvgIpc) is 1.85. The fraction of sp³-hybridized carbons (Fsp3) is 0.833. The number of alkyl halides is 2. The van der Waals surface area contributed by atoms with E-state index in [1.807, 2.05) is 0 Å². The zero-order valence-electron chi connectivity index (χ0n) is 6.59. The fourth-order valence-electron chi connectivity index (χ4n) is 0.435. The number of rotatable bonds is 5. The van der Waals surface area contributed by atoms with Crippen molar-refractivity contribution in [3.8, 4) is 0 Å². The molecule has 0 heterocycles. The van der Waals surface area contributed by atoms with Crippen LogP contribution in [0.3, 0.4) is 0 Å². The summed E-state index contributed by atoms with van der Waals surface area (Å²) < 4.78 is 24.6. The summed E-state index contributed by atoms with van der Waals surface area (Å²) in [6, 6.07) is -0.179. The molecule has 0 bridgehead atoms. The first-order valence-electron chi connectivity index (χ1n) is 3.37. The third-order valence-corrected chi connectivity index (χ3v) is 2.08. The van der Waals surface area contributed by atoms with Crippen molar-refractivity contribution in [2.75, 3.05) is 5.75 Å². The van der Waals surface area contributed by atoms with Crippen molar-refractivity contribution in [1.29, 1.82) is 0 Å². The highest BCUT2D eigenvalue weighted by atomic mass is 32.2. The molecule has 0 aromatic heterocycles. The molecular formula is C6H11F2NO2S. The summed E-state index contributed by atoms with van der Waals surface area (Å²) in [6.45, 7) is 1.68. The van der Waals surface area contributed by atoms with Crippen molar-refractivity contribution in [2.45, 2.75) is 24.6 Å². The molecule has 0 radical (unpaired) electrons. The first-order chi connectivity index (χ1) is 5.36. The molecule has 0 rings (SSSR count). The monoisotopic (exact) mass is 199 g/mol. The molecule has 0 amide bonds. The first kappa shape index (κ1) is 11.6. The highest BCUT2D eigenvalue weighted by molar-refractivity contribution is 8.01. The fourth-order valence-corrected chi connectivity index (χ4v) is 1.30. The lowest BCUT2D eigenvalue weighted by molar-refractivity contribution is -0.152. The number of hydrogen-bond donors (Lipinski definition) is 2. The first-order valence-corrected chi connectivity index (χ1v) is 4.35. The molecule has 3 N–H and O–H groups in total. The van der Waals surface area contributed by atoms with E-state index in [-0.39, 0.29) is 23.6 Å². The van der Waals surface area contributed by atoms with Gasteiger partial charge in [0.05, 0.1) is 0 Å². The number of carboxylic acid groups (broad SMARTS) is 1. The lowest BCUT2D eigenvalue weighted by Crippen LogP contribution is -2.25. The minimum atomic E-state index is -3.69. The van der Waals surface area contributed by atoms with Gasteiger partial charge in [0, 0.05) is 11.8 Å². The molecule has 0 aromatic rings. The second-order valence-corrected chi connectivity index (χ2v) is 3.65. The van der Waals surface area contributed by atoms with E-state index in [0.29, 0.717) is 6.42 Å². The molecule has 1 unspecified atom stereocenters. The van der Waals surface area contributed by atoms with E-state index in [0.717, 1.165) is 0 Å². The normalized spacial score (nSPS) is 14.3. The molecule has 1 atom stereocenters. The molecule has 6 heteroatoms. The molecule has 12 heavy (non-hydrogen) atoms. The maximum Gasteiger partial charge on any atom is 0.388 e. The molecule has 0 saturated heterocycles. The third-order valence-electron chi connectivity index (χ3n) is 1.11. The minimum Gasteiger partial charge on any atom is -0.476 e. The molecule has 0 aliphatic heterocycles. The molecule has 3 nitrogen and oxygen atoms in total. The standard InChI is InChI=1S/C6H11F2NO2S/c1-4(9)2-3-12-6(7,8)5(10)11/h4H,2-3,9H2,1H3,(H,10,11). The van der Waals surface area contributed by atoms with Crippen LogP contribution in [-0.2, 0) is 4.79 Å². The Labute approximate surface area is 73.3 Å². The van der Waals surface area contributed by atoms with E-state index >= 15 is 0 Å². The molecule has 0 aliphatic rings. The Morgan fingerprint density at radius 3 is 2.58 bits per heavy atom. The SMILES string of the molecule is CC(N)CCSC(F)(F)C(=O)O. The van der Waals surface area contributed by atoms with Gasteiger partial charge >= 0.3 is 11.2 Å². The second kappa shape index (κ2) is 4.61. The maximum absolute atomic E-state index is 12.3. The molecule has 0 spiro atoms. The number of carboxylic acids is 1. The van der Waals surface area contributed by atoms with Crippen molar-refractivity contribution in [2.24, 2.45) is 5.73 Å². The Bertz CT molecular complexity index is 164. The number of nitrogens with two attached hydrogens (primary N) is 1. The predicted octanol–water partition coefficient (Wildman–Crippen LogP) is 1.13. The van der Waals surface area contributed by atoms with E-state index in [1.54, 1.807) is 6.92 Å². The van der Waals surface area contributed by atoms with E-state index in [9.17, 15) is 13.6 Å². The summed E-state index contributed by atoms with van der Waals surface area (Å²) >= 11 is 0.102. The van der Waals surface area contributed by atoms with Gasteiger partial charge in [-0.25, -0.2) is 4.79 Å². The van der Waals surface area contributed by atoms with Crippen LogP contribution in [0.15, 0.2) is 0 Å². The molecule has 72 valence electrons. The second-order valence-electron chi connectivity index (χ2n) is 2.44. The van der Waals surface area contributed by atoms with Gasteiger partial charge in [-0.15, -0.1) is 0 Å². The van der Waals surface area contributed by atoms with Crippen LogP contribution in [0.5, 0.6) is 0 Å². The van der Waals surface area contributed by atoms with Crippen molar-refractivity contribution >= 4 is 17.7 Å². The number of carbonyl (C=O) groups is 1. The van der Waals surface area contributed by atoms with Crippen molar-refractivity contribution in [3.63, 3.8) is 0 Å². The van der Waals surface area contributed by atoms with Gasteiger partial charge in [0.15, 0.2) is 0 Å². The van der Waals surface area contributed by atoms with Crippen LogP contribution in [0.2, 0.25) is 0 Å². The quantitative estimate of drug-likeness (QED) is 0.696.